The first-order valence-corrected chi connectivity index (χ1v) is 18.3. The second-order valence-electron chi connectivity index (χ2n) is 12.0. The predicted octanol–water partition coefficient (Wildman–Crippen LogP) is 10.9. The number of fused-ring (bicyclic) bond motifs is 3. The number of esters is 2. The monoisotopic (exact) mass is 917 g/mol. The highest BCUT2D eigenvalue weighted by Crippen LogP contribution is 2.50. The lowest BCUT2D eigenvalue weighted by Crippen LogP contribution is -2.42. The molecule has 1 aliphatic heterocycles. The molecule has 0 amide bonds. The molecule has 0 N–H and O–H groups in total. The summed E-state index contributed by atoms with van der Waals surface area (Å²) in [6, 6.07) is 16.6. The minimum Gasteiger partial charge on any atom is -0.462 e. The first-order valence-electron chi connectivity index (χ1n) is 14.3. The number of hydrogen-bond acceptors (Lipinski definition) is 5. The number of carbonyl (C=O) groups excluding carboxylic acids is 2. The fourth-order valence-corrected chi connectivity index (χ4v) is 9.17. The van der Waals surface area contributed by atoms with Gasteiger partial charge in [0.05, 0.1) is 35.3 Å². The van der Waals surface area contributed by atoms with Crippen LogP contribution in [0.5, 0.6) is 5.75 Å². The molecule has 0 bridgehead atoms. The highest BCUT2D eigenvalue weighted by atomic mass is 79.9. The standard InChI is InChI=1S/C33H32Br5NO5/c1-5-32(3,31(41)44-29-27(37)25(35)24(34)26(36)28(29)38)17-33(4,30(40)43-16-19-15-42-19)14-18(2)39-22-12-8-6-10-20(22)21-11-7-9-13-23(21)39/h6-13,18-19H,5,14-17H2,1-4H3. The molecule has 1 aliphatic rings. The van der Waals surface area contributed by atoms with E-state index in [1.807, 2.05) is 45.0 Å². The van der Waals surface area contributed by atoms with E-state index in [-0.39, 0.29) is 31.1 Å². The fourth-order valence-electron chi connectivity index (χ4n) is 6.00. The van der Waals surface area contributed by atoms with Gasteiger partial charge in [-0.25, -0.2) is 0 Å². The van der Waals surface area contributed by atoms with Crippen LogP contribution >= 0.6 is 79.6 Å². The van der Waals surface area contributed by atoms with E-state index < -0.39 is 16.8 Å². The van der Waals surface area contributed by atoms with Crippen molar-refractivity contribution in [3.8, 4) is 5.75 Å². The lowest BCUT2D eigenvalue weighted by atomic mass is 9.68. The second kappa shape index (κ2) is 13.5. The topological polar surface area (TPSA) is 70.1 Å². The molecule has 1 fully saturated rings. The number of rotatable bonds is 11. The van der Waals surface area contributed by atoms with Crippen LogP contribution < -0.4 is 4.74 Å². The van der Waals surface area contributed by atoms with E-state index in [1.54, 1.807) is 0 Å². The van der Waals surface area contributed by atoms with Crippen molar-refractivity contribution < 1.29 is 23.8 Å². The Kier molecular flexibility index (Phi) is 10.4. The third kappa shape index (κ3) is 6.61. The van der Waals surface area contributed by atoms with Gasteiger partial charge >= 0.3 is 11.9 Å². The lowest BCUT2D eigenvalue weighted by molar-refractivity contribution is -0.161. The van der Waals surface area contributed by atoms with Crippen LogP contribution in [0, 0.1) is 10.8 Å². The number of epoxide rings is 1. The Balaban J connectivity index is 1.50. The summed E-state index contributed by atoms with van der Waals surface area (Å²) in [6.07, 6.45) is 1.07. The van der Waals surface area contributed by atoms with Crippen LogP contribution in [0.1, 0.15) is 53.0 Å². The maximum absolute atomic E-state index is 14.0. The van der Waals surface area contributed by atoms with E-state index in [9.17, 15) is 9.59 Å². The first-order chi connectivity index (χ1) is 20.8. The van der Waals surface area contributed by atoms with Crippen LogP contribution in [-0.2, 0) is 19.1 Å². The van der Waals surface area contributed by atoms with Crippen LogP contribution in [0.25, 0.3) is 21.8 Å². The number of para-hydroxylation sites is 2. The van der Waals surface area contributed by atoms with E-state index in [2.05, 4.69) is 115 Å². The average molecular weight is 922 g/mol. The summed E-state index contributed by atoms with van der Waals surface area (Å²) < 4.78 is 22.9. The van der Waals surface area contributed by atoms with E-state index in [4.69, 9.17) is 14.2 Å². The molecular formula is C33H32Br5NO5. The zero-order chi connectivity index (χ0) is 32.0. The van der Waals surface area contributed by atoms with Crippen LogP contribution in [0.15, 0.2) is 70.9 Å². The summed E-state index contributed by atoms with van der Waals surface area (Å²) >= 11 is 17.7. The quantitative estimate of drug-likeness (QED) is 0.0493. The summed E-state index contributed by atoms with van der Waals surface area (Å²) in [5.41, 5.74) is 0.180. The average Bonchev–Trinajstić information content (AvgIpc) is 3.79. The number of aromatic nitrogens is 1. The van der Waals surface area contributed by atoms with Gasteiger partial charge < -0.3 is 18.8 Å². The molecule has 4 unspecified atom stereocenters. The molecule has 234 valence electrons. The first kappa shape index (κ1) is 34.1. The Morgan fingerprint density at radius 3 is 1.86 bits per heavy atom. The zero-order valence-electron chi connectivity index (χ0n) is 24.7. The van der Waals surface area contributed by atoms with Gasteiger partial charge in [0.15, 0.2) is 5.75 Å². The van der Waals surface area contributed by atoms with Gasteiger partial charge in [-0.3, -0.25) is 9.59 Å². The molecule has 4 atom stereocenters. The van der Waals surface area contributed by atoms with Crippen LogP contribution in [0.3, 0.4) is 0 Å². The summed E-state index contributed by atoms with van der Waals surface area (Å²) in [6.45, 7) is 8.63. The molecule has 5 rings (SSSR count). The largest absolute Gasteiger partial charge is 0.462 e. The molecule has 2 heterocycles. The van der Waals surface area contributed by atoms with Gasteiger partial charge in [0, 0.05) is 32.3 Å². The molecular weight excluding hydrogens is 890 g/mol. The van der Waals surface area contributed by atoms with Gasteiger partial charge in [0.25, 0.3) is 0 Å². The normalized spacial score (nSPS) is 18.1. The van der Waals surface area contributed by atoms with Crippen molar-refractivity contribution in [3.05, 3.63) is 70.9 Å². The Bertz CT molecular complexity index is 1670. The highest BCUT2D eigenvalue weighted by molar-refractivity contribution is 9.15. The van der Waals surface area contributed by atoms with Gasteiger partial charge in [0.1, 0.15) is 12.7 Å². The van der Waals surface area contributed by atoms with Crippen molar-refractivity contribution in [1.29, 1.82) is 0 Å². The van der Waals surface area contributed by atoms with Gasteiger partial charge in [-0.15, -0.1) is 0 Å². The van der Waals surface area contributed by atoms with Crippen molar-refractivity contribution in [2.45, 2.75) is 59.1 Å². The third-order valence-corrected chi connectivity index (χ3v) is 14.5. The molecule has 1 saturated heterocycles. The number of benzene rings is 3. The molecule has 1 aromatic heterocycles. The minimum absolute atomic E-state index is 0.0653. The van der Waals surface area contributed by atoms with Gasteiger partial charge in [0.2, 0.25) is 0 Å². The van der Waals surface area contributed by atoms with Gasteiger partial charge in [-0.05, 0) is 132 Å². The van der Waals surface area contributed by atoms with E-state index in [0.29, 0.717) is 43.1 Å². The SMILES string of the molecule is CCC(C)(CC(C)(CC(C)n1c2ccccc2c2ccccc21)C(=O)OCC1CO1)C(=O)Oc1c(Br)c(Br)c(Br)c(Br)c1Br. The predicted molar refractivity (Wildman–Crippen MR) is 191 cm³/mol. The zero-order valence-corrected chi connectivity index (χ0v) is 32.6. The maximum Gasteiger partial charge on any atom is 0.317 e. The third-order valence-electron chi connectivity index (χ3n) is 8.52. The number of hydrogen-bond donors (Lipinski definition) is 0. The van der Waals surface area contributed by atoms with E-state index in [0.717, 1.165) is 26.3 Å². The maximum atomic E-state index is 14.0. The highest BCUT2D eigenvalue weighted by Gasteiger charge is 2.47. The van der Waals surface area contributed by atoms with Gasteiger partial charge in [-0.2, -0.15) is 0 Å². The second-order valence-corrected chi connectivity index (χ2v) is 15.9. The Labute approximate surface area is 299 Å². The van der Waals surface area contributed by atoms with Crippen molar-refractivity contribution in [2.75, 3.05) is 13.2 Å². The summed E-state index contributed by atoms with van der Waals surface area (Å²) in [5, 5.41) is 2.32. The molecule has 4 aromatic rings. The molecule has 6 nitrogen and oxygen atoms in total. The van der Waals surface area contributed by atoms with Crippen LogP contribution in [0.2, 0.25) is 0 Å². The van der Waals surface area contributed by atoms with E-state index >= 15 is 0 Å². The summed E-state index contributed by atoms with van der Waals surface area (Å²) in [5.74, 6) is -0.438. The van der Waals surface area contributed by atoms with Crippen LogP contribution in [0.4, 0.5) is 0 Å². The van der Waals surface area contributed by atoms with E-state index in [1.165, 1.54) is 0 Å². The molecule has 44 heavy (non-hydrogen) atoms. The molecule has 0 aliphatic carbocycles. The molecule has 0 spiro atoms. The van der Waals surface area contributed by atoms with Crippen LogP contribution in [-0.4, -0.2) is 35.8 Å². The Morgan fingerprint density at radius 2 is 1.36 bits per heavy atom. The summed E-state index contributed by atoms with van der Waals surface area (Å²) in [7, 11) is 0. The molecule has 3 aromatic carbocycles. The Morgan fingerprint density at radius 1 is 0.864 bits per heavy atom. The lowest BCUT2D eigenvalue weighted by Gasteiger charge is -2.38. The van der Waals surface area contributed by atoms with Gasteiger partial charge in [-0.1, -0.05) is 43.3 Å². The minimum atomic E-state index is -1.01. The number of carbonyl (C=O) groups is 2. The number of nitrogens with zero attached hydrogens (tertiary/aromatic N) is 1. The fraction of sp³-hybridized carbons (Fsp3) is 0.394. The van der Waals surface area contributed by atoms with Crippen molar-refractivity contribution >= 4 is 113 Å². The summed E-state index contributed by atoms with van der Waals surface area (Å²) in [4.78, 5) is 28.0. The van der Waals surface area contributed by atoms with Crippen molar-refractivity contribution in [1.82, 2.24) is 4.57 Å². The molecule has 0 radical (unpaired) electrons. The smallest absolute Gasteiger partial charge is 0.317 e. The molecule has 11 heteroatoms. The Hall–Kier alpha value is -1.24. The van der Waals surface area contributed by atoms with Crippen molar-refractivity contribution in [2.24, 2.45) is 10.8 Å². The van der Waals surface area contributed by atoms with Crippen molar-refractivity contribution in [3.63, 3.8) is 0 Å². The molecule has 0 saturated carbocycles. The number of ether oxygens (including phenoxy) is 3. The number of halogens is 5.